The molecule has 0 fully saturated rings. The van der Waals surface area contributed by atoms with Crippen LogP contribution in [0.25, 0.3) is 0 Å². The summed E-state index contributed by atoms with van der Waals surface area (Å²) in [6.07, 6.45) is -0.983. The van der Waals surface area contributed by atoms with Crippen LogP contribution in [0.5, 0.6) is 0 Å². The summed E-state index contributed by atoms with van der Waals surface area (Å²) in [6, 6.07) is 0. The Morgan fingerprint density at radius 3 is 2.79 bits per heavy atom. The standard InChI is InChI=1S/C11H12F3NO2S2/c1-3-9-15(17-11(12,13)14)10-7(18-2)4-6(16)5-8(10)19-9/h4,9H,3,5H2,1-2H3. The van der Waals surface area contributed by atoms with Gasteiger partial charge in [-0.2, -0.15) is 4.84 Å². The minimum absolute atomic E-state index is 0.0840. The average Bonchev–Trinajstić information content (AvgIpc) is 2.63. The number of carbonyl (C=O) groups excluding carboxylic acids is 1. The number of hydrogen-bond acceptors (Lipinski definition) is 5. The van der Waals surface area contributed by atoms with Crippen molar-refractivity contribution in [1.29, 1.82) is 0 Å². The first kappa shape index (κ1) is 14.8. The quantitative estimate of drug-likeness (QED) is 0.793. The number of alkyl halides is 3. The maximum atomic E-state index is 12.5. The van der Waals surface area contributed by atoms with Gasteiger partial charge in [0.1, 0.15) is 5.37 Å². The van der Waals surface area contributed by atoms with Gasteiger partial charge in [-0.1, -0.05) is 6.92 Å². The minimum atomic E-state index is -4.73. The Morgan fingerprint density at radius 1 is 1.58 bits per heavy atom. The first-order valence-electron chi connectivity index (χ1n) is 5.59. The van der Waals surface area contributed by atoms with Crippen LogP contribution in [-0.2, 0) is 9.63 Å². The van der Waals surface area contributed by atoms with Crippen LogP contribution >= 0.6 is 23.5 Å². The predicted octanol–water partition coefficient (Wildman–Crippen LogP) is 3.65. The first-order valence-corrected chi connectivity index (χ1v) is 7.70. The summed E-state index contributed by atoms with van der Waals surface area (Å²) >= 11 is 2.52. The third kappa shape index (κ3) is 3.11. The SMILES string of the molecule is CCC1SC2=C(C(SC)=CC(=O)C2)N1OC(F)(F)F. The van der Waals surface area contributed by atoms with Gasteiger partial charge >= 0.3 is 6.36 Å². The van der Waals surface area contributed by atoms with Gasteiger partial charge < -0.3 is 0 Å². The molecule has 0 aromatic rings. The van der Waals surface area contributed by atoms with Crippen molar-refractivity contribution in [2.75, 3.05) is 6.26 Å². The van der Waals surface area contributed by atoms with Gasteiger partial charge in [-0.15, -0.1) is 36.7 Å². The average molecular weight is 311 g/mol. The Bertz CT molecular complexity index is 459. The second-order valence-corrected chi connectivity index (χ2v) is 6.09. The molecule has 0 radical (unpaired) electrons. The summed E-state index contributed by atoms with van der Waals surface area (Å²) in [4.78, 5) is 16.9. The van der Waals surface area contributed by atoms with Crippen LogP contribution in [-0.4, -0.2) is 28.8 Å². The molecular formula is C11H12F3NO2S2. The van der Waals surface area contributed by atoms with Gasteiger partial charge in [-0.25, -0.2) is 5.06 Å². The summed E-state index contributed by atoms with van der Waals surface area (Å²) in [5.74, 6) is -0.0840. The van der Waals surface area contributed by atoms with Crippen molar-refractivity contribution < 1.29 is 22.8 Å². The molecule has 0 saturated carbocycles. The lowest BCUT2D eigenvalue weighted by Gasteiger charge is -2.28. The molecule has 0 spiro atoms. The van der Waals surface area contributed by atoms with Crippen molar-refractivity contribution in [3.8, 4) is 0 Å². The second-order valence-electron chi connectivity index (χ2n) is 3.97. The number of thioether (sulfide) groups is 2. The van der Waals surface area contributed by atoms with Gasteiger partial charge in [0, 0.05) is 16.2 Å². The van der Waals surface area contributed by atoms with E-state index in [1.54, 1.807) is 13.2 Å². The summed E-state index contributed by atoms with van der Waals surface area (Å²) in [7, 11) is 0. The van der Waals surface area contributed by atoms with E-state index in [1.807, 2.05) is 0 Å². The molecule has 8 heteroatoms. The van der Waals surface area contributed by atoms with Gasteiger partial charge in [0.15, 0.2) is 5.78 Å². The number of allylic oxidation sites excluding steroid dienone is 2. The van der Waals surface area contributed by atoms with Gasteiger partial charge in [0.2, 0.25) is 0 Å². The number of hydrogen-bond donors (Lipinski definition) is 0. The number of rotatable bonds is 3. The molecule has 0 aromatic carbocycles. The number of halogens is 3. The van der Waals surface area contributed by atoms with Crippen LogP contribution in [0, 0.1) is 0 Å². The Morgan fingerprint density at radius 2 is 2.26 bits per heavy atom. The van der Waals surface area contributed by atoms with Crippen LogP contribution in [0.4, 0.5) is 13.2 Å². The lowest BCUT2D eigenvalue weighted by molar-refractivity contribution is -0.406. The second kappa shape index (κ2) is 5.41. The van der Waals surface area contributed by atoms with E-state index in [9.17, 15) is 18.0 Å². The molecule has 1 heterocycles. The van der Waals surface area contributed by atoms with Crippen LogP contribution in [0.2, 0.25) is 0 Å². The normalized spacial score (nSPS) is 23.8. The van der Waals surface area contributed by atoms with E-state index >= 15 is 0 Å². The van der Waals surface area contributed by atoms with Crippen molar-refractivity contribution in [1.82, 2.24) is 5.06 Å². The third-order valence-electron chi connectivity index (χ3n) is 2.66. The van der Waals surface area contributed by atoms with E-state index in [1.165, 1.54) is 29.6 Å². The molecule has 0 amide bonds. The fourth-order valence-electron chi connectivity index (χ4n) is 1.95. The summed E-state index contributed by atoms with van der Waals surface area (Å²) in [5.41, 5.74) is 0.390. The summed E-state index contributed by atoms with van der Waals surface area (Å²) < 4.78 is 37.5. The van der Waals surface area contributed by atoms with E-state index < -0.39 is 11.7 Å². The molecule has 2 rings (SSSR count). The molecule has 0 aromatic heterocycles. The highest BCUT2D eigenvalue weighted by molar-refractivity contribution is 8.04. The van der Waals surface area contributed by atoms with E-state index in [0.29, 0.717) is 21.9 Å². The maximum absolute atomic E-state index is 12.5. The van der Waals surface area contributed by atoms with Crippen molar-refractivity contribution in [2.24, 2.45) is 0 Å². The number of nitrogens with zero attached hydrogens (tertiary/aromatic N) is 1. The molecule has 0 N–H and O–H groups in total. The molecule has 1 atom stereocenters. The van der Waals surface area contributed by atoms with Gasteiger partial charge in [-0.05, 0) is 18.8 Å². The highest BCUT2D eigenvalue weighted by Gasteiger charge is 2.43. The van der Waals surface area contributed by atoms with Crippen LogP contribution in [0.3, 0.4) is 0 Å². The molecule has 1 aliphatic heterocycles. The molecule has 19 heavy (non-hydrogen) atoms. The van der Waals surface area contributed by atoms with E-state index in [2.05, 4.69) is 4.84 Å². The van der Waals surface area contributed by atoms with Crippen LogP contribution in [0.1, 0.15) is 19.8 Å². The van der Waals surface area contributed by atoms with E-state index in [4.69, 9.17) is 0 Å². The zero-order valence-electron chi connectivity index (χ0n) is 10.3. The molecular weight excluding hydrogens is 299 g/mol. The fraction of sp³-hybridized carbons (Fsp3) is 0.545. The Hall–Kier alpha value is -0.600. The van der Waals surface area contributed by atoms with Crippen molar-refractivity contribution >= 4 is 29.3 Å². The Kier molecular flexibility index (Phi) is 4.22. The minimum Gasteiger partial charge on any atom is -0.294 e. The molecule has 1 unspecified atom stereocenters. The third-order valence-corrected chi connectivity index (χ3v) is 4.83. The summed E-state index contributed by atoms with van der Waals surface area (Å²) in [5, 5.41) is 0.447. The molecule has 106 valence electrons. The van der Waals surface area contributed by atoms with Crippen LogP contribution in [0.15, 0.2) is 21.6 Å². The van der Waals surface area contributed by atoms with E-state index in [0.717, 1.165) is 5.06 Å². The monoisotopic (exact) mass is 311 g/mol. The maximum Gasteiger partial charge on any atom is 0.544 e. The zero-order valence-corrected chi connectivity index (χ0v) is 11.9. The van der Waals surface area contributed by atoms with Crippen molar-refractivity contribution in [3.05, 3.63) is 21.6 Å². The Labute approximate surface area is 117 Å². The predicted molar refractivity (Wildman–Crippen MR) is 68.9 cm³/mol. The highest BCUT2D eigenvalue weighted by atomic mass is 32.2. The molecule has 0 saturated heterocycles. The van der Waals surface area contributed by atoms with Gasteiger partial charge in [-0.3, -0.25) is 4.79 Å². The molecule has 1 aliphatic carbocycles. The van der Waals surface area contributed by atoms with E-state index in [-0.39, 0.29) is 12.2 Å². The zero-order chi connectivity index (χ0) is 14.2. The molecule has 0 bridgehead atoms. The van der Waals surface area contributed by atoms with Crippen molar-refractivity contribution in [3.63, 3.8) is 0 Å². The molecule has 3 nitrogen and oxygen atoms in total. The number of ketones is 1. The largest absolute Gasteiger partial charge is 0.544 e. The fourth-order valence-corrected chi connectivity index (χ4v) is 3.95. The first-order chi connectivity index (χ1) is 8.85. The topological polar surface area (TPSA) is 29.5 Å². The van der Waals surface area contributed by atoms with Gasteiger partial charge in [0.25, 0.3) is 0 Å². The smallest absolute Gasteiger partial charge is 0.294 e. The Balaban J connectivity index is 2.34. The molecule has 2 aliphatic rings. The lowest BCUT2D eigenvalue weighted by Crippen LogP contribution is -2.35. The number of hydroxylamine groups is 2. The highest BCUT2D eigenvalue weighted by Crippen LogP contribution is 2.49. The van der Waals surface area contributed by atoms with Crippen molar-refractivity contribution in [2.45, 2.75) is 31.5 Å². The van der Waals surface area contributed by atoms with Crippen LogP contribution < -0.4 is 0 Å². The van der Waals surface area contributed by atoms with Gasteiger partial charge in [0.05, 0.1) is 5.70 Å². The number of carbonyl (C=O) groups is 1. The summed E-state index contributed by atoms with van der Waals surface area (Å²) in [6.45, 7) is 1.78. The lowest BCUT2D eigenvalue weighted by atomic mass is 10.1.